The fourth-order valence-corrected chi connectivity index (χ4v) is 2.52. The Hall–Kier alpha value is -1.70. The van der Waals surface area contributed by atoms with Crippen LogP contribution < -0.4 is 0 Å². The lowest BCUT2D eigenvalue weighted by Gasteiger charge is -2.21. The van der Waals surface area contributed by atoms with E-state index in [-0.39, 0.29) is 0 Å². The van der Waals surface area contributed by atoms with E-state index in [1.165, 1.54) is 22.5 Å². The standard InChI is InChI=1S/C18H26N2/c1-19(2)17-11-7-15(8-12-17)5-6-16-9-13-18(14-10-16)20(3)4/h5-7,9,11,13H,8,10,12,14H2,1-4H3/b6-5+. The minimum Gasteiger partial charge on any atom is -0.381 e. The van der Waals surface area contributed by atoms with Gasteiger partial charge in [-0.3, -0.25) is 0 Å². The van der Waals surface area contributed by atoms with E-state index >= 15 is 0 Å². The Kier molecular flexibility index (Phi) is 4.89. The zero-order chi connectivity index (χ0) is 14.5. The van der Waals surface area contributed by atoms with Gasteiger partial charge in [0.2, 0.25) is 0 Å². The zero-order valence-electron chi connectivity index (χ0n) is 13.2. The number of rotatable bonds is 4. The topological polar surface area (TPSA) is 6.48 Å². The highest BCUT2D eigenvalue weighted by Gasteiger charge is 2.07. The van der Waals surface area contributed by atoms with Gasteiger partial charge in [0, 0.05) is 39.6 Å². The second kappa shape index (κ2) is 6.65. The van der Waals surface area contributed by atoms with Gasteiger partial charge < -0.3 is 9.80 Å². The molecule has 2 heteroatoms. The van der Waals surface area contributed by atoms with Crippen molar-refractivity contribution in [2.75, 3.05) is 28.2 Å². The van der Waals surface area contributed by atoms with Crippen LogP contribution in [0.4, 0.5) is 0 Å². The summed E-state index contributed by atoms with van der Waals surface area (Å²) in [7, 11) is 8.45. The van der Waals surface area contributed by atoms with Crippen LogP contribution in [0.15, 0.2) is 59.0 Å². The molecule has 0 heterocycles. The van der Waals surface area contributed by atoms with Crippen LogP contribution in [-0.4, -0.2) is 38.0 Å². The van der Waals surface area contributed by atoms with E-state index in [0.717, 1.165) is 25.7 Å². The van der Waals surface area contributed by atoms with Gasteiger partial charge in [0.05, 0.1) is 0 Å². The van der Waals surface area contributed by atoms with Gasteiger partial charge in [0.25, 0.3) is 0 Å². The van der Waals surface area contributed by atoms with Crippen LogP contribution >= 0.6 is 0 Å². The summed E-state index contributed by atoms with van der Waals surface area (Å²) in [6.45, 7) is 0. The monoisotopic (exact) mass is 270 g/mol. The Morgan fingerprint density at radius 2 is 1.05 bits per heavy atom. The molecule has 0 saturated carbocycles. The predicted molar refractivity (Wildman–Crippen MR) is 87.3 cm³/mol. The van der Waals surface area contributed by atoms with E-state index in [2.05, 4.69) is 74.4 Å². The van der Waals surface area contributed by atoms with Gasteiger partial charge in [0.1, 0.15) is 0 Å². The third-order valence-electron chi connectivity index (χ3n) is 3.98. The van der Waals surface area contributed by atoms with Gasteiger partial charge in [0.15, 0.2) is 0 Å². The van der Waals surface area contributed by atoms with E-state index in [0.29, 0.717) is 0 Å². The van der Waals surface area contributed by atoms with Crippen molar-refractivity contribution < 1.29 is 0 Å². The van der Waals surface area contributed by atoms with Crippen molar-refractivity contribution >= 4 is 0 Å². The first-order valence-electron chi connectivity index (χ1n) is 7.38. The molecule has 2 aliphatic carbocycles. The summed E-state index contributed by atoms with van der Waals surface area (Å²) < 4.78 is 0. The summed E-state index contributed by atoms with van der Waals surface area (Å²) in [5.41, 5.74) is 5.69. The largest absolute Gasteiger partial charge is 0.381 e. The Balaban J connectivity index is 1.98. The van der Waals surface area contributed by atoms with Crippen molar-refractivity contribution in [3.8, 4) is 0 Å². The Morgan fingerprint density at radius 3 is 1.30 bits per heavy atom. The Morgan fingerprint density at radius 1 is 0.650 bits per heavy atom. The molecule has 0 amide bonds. The van der Waals surface area contributed by atoms with Crippen molar-refractivity contribution in [3.63, 3.8) is 0 Å². The average molecular weight is 270 g/mol. The summed E-state index contributed by atoms with van der Waals surface area (Å²) in [6.07, 6.45) is 18.1. The van der Waals surface area contributed by atoms with Crippen LogP contribution in [0.1, 0.15) is 25.7 Å². The molecule has 0 spiro atoms. The molecule has 20 heavy (non-hydrogen) atoms. The first kappa shape index (κ1) is 14.7. The highest BCUT2D eigenvalue weighted by molar-refractivity contribution is 5.37. The molecule has 0 unspecified atom stereocenters. The highest BCUT2D eigenvalue weighted by Crippen LogP contribution is 2.23. The van der Waals surface area contributed by atoms with Gasteiger partial charge in [-0.05, 0) is 49.0 Å². The lowest BCUT2D eigenvalue weighted by Crippen LogP contribution is -2.12. The van der Waals surface area contributed by atoms with Crippen LogP contribution in [0.25, 0.3) is 0 Å². The minimum atomic E-state index is 1.15. The Labute approximate surface area is 123 Å². The van der Waals surface area contributed by atoms with Crippen molar-refractivity contribution in [1.82, 2.24) is 9.80 Å². The molecule has 108 valence electrons. The van der Waals surface area contributed by atoms with E-state index in [9.17, 15) is 0 Å². The van der Waals surface area contributed by atoms with E-state index < -0.39 is 0 Å². The fraction of sp³-hybridized carbons (Fsp3) is 0.444. The normalized spacial score (nSPS) is 19.2. The van der Waals surface area contributed by atoms with Gasteiger partial charge in [-0.25, -0.2) is 0 Å². The van der Waals surface area contributed by atoms with E-state index in [1.807, 2.05) is 0 Å². The van der Waals surface area contributed by atoms with Crippen LogP contribution in [0.5, 0.6) is 0 Å². The van der Waals surface area contributed by atoms with Crippen LogP contribution in [-0.2, 0) is 0 Å². The quantitative estimate of drug-likeness (QED) is 0.765. The summed E-state index contributed by atoms with van der Waals surface area (Å²) in [6, 6.07) is 0. The van der Waals surface area contributed by atoms with Crippen LogP contribution in [0, 0.1) is 0 Å². The predicted octanol–water partition coefficient (Wildman–Crippen LogP) is 3.87. The molecule has 0 aromatic heterocycles. The van der Waals surface area contributed by atoms with Gasteiger partial charge in [-0.1, -0.05) is 24.3 Å². The molecule has 2 rings (SSSR count). The summed E-state index contributed by atoms with van der Waals surface area (Å²) >= 11 is 0. The van der Waals surface area contributed by atoms with Crippen molar-refractivity contribution in [3.05, 3.63) is 59.0 Å². The van der Waals surface area contributed by atoms with Crippen LogP contribution in [0.2, 0.25) is 0 Å². The maximum absolute atomic E-state index is 2.28. The van der Waals surface area contributed by atoms with Crippen LogP contribution in [0.3, 0.4) is 0 Å². The summed E-state index contributed by atoms with van der Waals surface area (Å²) in [5.74, 6) is 0. The maximum atomic E-state index is 2.28. The van der Waals surface area contributed by atoms with E-state index in [1.54, 1.807) is 0 Å². The number of hydrogen-bond donors (Lipinski definition) is 0. The van der Waals surface area contributed by atoms with E-state index in [4.69, 9.17) is 0 Å². The third-order valence-corrected chi connectivity index (χ3v) is 3.98. The third kappa shape index (κ3) is 3.89. The molecule has 2 nitrogen and oxygen atoms in total. The molecule has 0 radical (unpaired) electrons. The average Bonchev–Trinajstić information content (AvgIpc) is 2.46. The van der Waals surface area contributed by atoms with Crippen molar-refractivity contribution in [2.24, 2.45) is 0 Å². The molecule has 0 atom stereocenters. The second-order valence-corrected chi connectivity index (χ2v) is 5.92. The molecule has 0 aromatic carbocycles. The van der Waals surface area contributed by atoms with Gasteiger partial charge in [-0.15, -0.1) is 0 Å². The fourth-order valence-electron chi connectivity index (χ4n) is 2.52. The highest BCUT2D eigenvalue weighted by atomic mass is 15.1. The van der Waals surface area contributed by atoms with Gasteiger partial charge in [-0.2, -0.15) is 0 Å². The second-order valence-electron chi connectivity index (χ2n) is 5.92. The molecular formula is C18H26N2. The van der Waals surface area contributed by atoms with Crippen molar-refractivity contribution in [2.45, 2.75) is 25.7 Å². The SMILES string of the molecule is CN(C)C1=CC=C(/C=C/C2=CC=C(N(C)C)CC2)CC1. The Bertz CT molecular complexity index is 454. The molecule has 0 aromatic rings. The first-order valence-corrected chi connectivity index (χ1v) is 7.38. The lowest BCUT2D eigenvalue weighted by atomic mass is 9.98. The molecule has 0 N–H and O–H groups in total. The summed E-state index contributed by atoms with van der Waals surface area (Å²) in [4.78, 5) is 4.41. The first-order chi connectivity index (χ1) is 9.56. The molecule has 2 aliphatic rings. The number of nitrogens with zero attached hydrogens (tertiary/aromatic N) is 2. The zero-order valence-corrected chi connectivity index (χ0v) is 13.2. The lowest BCUT2D eigenvalue weighted by molar-refractivity contribution is 0.484. The summed E-state index contributed by atoms with van der Waals surface area (Å²) in [5, 5.41) is 0. The van der Waals surface area contributed by atoms with Crippen molar-refractivity contribution in [1.29, 1.82) is 0 Å². The number of hydrogen-bond acceptors (Lipinski definition) is 2. The molecule has 0 aliphatic heterocycles. The smallest absolute Gasteiger partial charge is 0.0131 e. The molecule has 0 saturated heterocycles. The molecular weight excluding hydrogens is 244 g/mol. The molecule has 0 bridgehead atoms. The van der Waals surface area contributed by atoms with Gasteiger partial charge >= 0.3 is 0 Å². The maximum Gasteiger partial charge on any atom is 0.0131 e. The number of allylic oxidation sites excluding steroid dienone is 10. The molecule has 0 fully saturated rings. The minimum absolute atomic E-state index is 1.15.